The van der Waals surface area contributed by atoms with Crippen LogP contribution in [0.1, 0.15) is 23.6 Å². The van der Waals surface area contributed by atoms with Gasteiger partial charge in [0.05, 0.1) is 6.61 Å². The van der Waals surface area contributed by atoms with Crippen LogP contribution in [0.15, 0.2) is 60.7 Å². The Balaban J connectivity index is 1.81. The van der Waals surface area contributed by atoms with Crippen LogP contribution in [0.2, 0.25) is 0 Å². The Labute approximate surface area is 135 Å². The minimum Gasteiger partial charge on any atom is -0.448 e. The molecular weight excluding hydrogens is 292 g/mol. The molecule has 5 nitrogen and oxygen atoms in total. The van der Waals surface area contributed by atoms with E-state index in [0.717, 1.165) is 11.4 Å². The molecule has 0 saturated heterocycles. The summed E-state index contributed by atoms with van der Waals surface area (Å²) in [5, 5.41) is 0.824. The van der Waals surface area contributed by atoms with Gasteiger partial charge in [-0.3, -0.25) is 0 Å². The van der Waals surface area contributed by atoms with Crippen molar-refractivity contribution >= 4 is 12.4 Å². The average Bonchev–Trinajstić information content (AvgIpc) is 2.61. The lowest BCUT2D eigenvalue weighted by Gasteiger charge is -2.22. The summed E-state index contributed by atoms with van der Waals surface area (Å²) < 4.78 is 5.13. The summed E-state index contributed by atoms with van der Waals surface area (Å²) >= 11 is 0. The SMILES string of the molecule is NN(C(=O)OCCCc1ccccc1)C(C=O)c1ccccc1. The third kappa shape index (κ3) is 4.93. The maximum Gasteiger partial charge on any atom is 0.425 e. The van der Waals surface area contributed by atoms with Crippen molar-refractivity contribution in [2.24, 2.45) is 5.84 Å². The Hall–Kier alpha value is -2.66. The van der Waals surface area contributed by atoms with Crippen molar-refractivity contribution in [3.05, 3.63) is 71.8 Å². The molecule has 2 rings (SSSR count). The molecule has 0 aliphatic heterocycles. The van der Waals surface area contributed by atoms with E-state index in [9.17, 15) is 9.59 Å². The average molecular weight is 312 g/mol. The van der Waals surface area contributed by atoms with E-state index in [-0.39, 0.29) is 6.61 Å². The quantitative estimate of drug-likeness (QED) is 0.280. The lowest BCUT2D eigenvalue weighted by Crippen LogP contribution is -2.41. The van der Waals surface area contributed by atoms with E-state index >= 15 is 0 Å². The summed E-state index contributed by atoms with van der Waals surface area (Å²) in [4.78, 5) is 23.2. The van der Waals surface area contributed by atoms with Crippen molar-refractivity contribution < 1.29 is 14.3 Å². The molecule has 23 heavy (non-hydrogen) atoms. The maximum atomic E-state index is 11.9. The number of hydrogen-bond acceptors (Lipinski definition) is 4. The van der Waals surface area contributed by atoms with Crippen molar-refractivity contribution in [1.82, 2.24) is 5.01 Å². The first-order chi connectivity index (χ1) is 11.2. The van der Waals surface area contributed by atoms with E-state index in [4.69, 9.17) is 10.6 Å². The van der Waals surface area contributed by atoms with Crippen LogP contribution in [0, 0.1) is 0 Å². The van der Waals surface area contributed by atoms with Gasteiger partial charge in [0.1, 0.15) is 12.3 Å². The Morgan fingerprint density at radius 2 is 1.70 bits per heavy atom. The number of aryl methyl sites for hydroxylation is 1. The highest BCUT2D eigenvalue weighted by molar-refractivity contribution is 5.74. The van der Waals surface area contributed by atoms with Crippen molar-refractivity contribution in [1.29, 1.82) is 0 Å². The van der Waals surface area contributed by atoms with Crippen LogP contribution in [-0.2, 0) is 16.0 Å². The first kappa shape index (κ1) is 16.7. The molecule has 0 bridgehead atoms. The number of nitrogens with two attached hydrogens (primary N) is 1. The minimum absolute atomic E-state index is 0.252. The number of aldehydes is 1. The van der Waals surface area contributed by atoms with Crippen LogP contribution < -0.4 is 5.84 Å². The number of rotatable bonds is 7. The fraction of sp³-hybridized carbons (Fsp3) is 0.222. The molecule has 0 spiro atoms. The zero-order valence-corrected chi connectivity index (χ0v) is 12.8. The molecule has 1 amide bonds. The number of nitrogens with zero attached hydrogens (tertiary/aromatic N) is 1. The van der Waals surface area contributed by atoms with Gasteiger partial charge in [-0.05, 0) is 24.0 Å². The normalized spacial score (nSPS) is 11.5. The first-order valence-electron chi connectivity index (χ1n) is 7.47. The van der Waals surface area contributed by atoms with Gasteiger partial charge in [0, 0.05) is 0 Å². The van der Waals surface area contributed by atoms with Gasteiger partial charge >= 0.3 is 6.09 Å². The smallest absolute Gasteiger partial charge is 0.425 e. The topological polar surface area (TPSA) is 72.6 Å². The second-order valence-electron chi connectivity index (χ2n) is 5.10. The first-order valence-corrected chi connectivity index (χ1v) is 7.47. The molecule has 2 aromatic carbocycles. The number of benzene rings is 2. The highest BCUT2D eigenvalue weighted by Crippen LogP contribution is 2.16. The Morgan fingerprint density at radius 3 is 2.30 bits per heavy atom. The zero-order chi connectivity index (χ0) is 16.5. The molecule has 2 N–H and O–H groups in total. The molecule has 0 aliphatic carbocycles. The third-order valence-corrected chi connectivity index (χ3v) is 3.46. The van der Waals surface area contributed by atoms with Crippen molar-refractivity contribution in [2.75, 3.05) is 6.61 Å². The number of carbonyl (C=O) groups excluding carboxylic acids is 2. The second-order valence-corrected chi connectivity index (χ2v) is 5.10. The molecule has 0 heterocycles. The summed E-state index contributed by atoms with van der Waals surface area (Å²) in [5.41, 5.74) is 1.83. The standard InChI is InChI=1S/C18H20N2O3/c19-20(17(14-21)16-11-5-2-6-12-16)18(22)23-13-7-10-15-8-3-1-4-9-15/h1-6,8-9,11-12,14,17H,7,10,13,19H2. The van der Waals surface area contributed by atoms with Gasteiger partial charge in [0.2, 0.25) is 0 Å². The summed E-state index contributed by atoms with van der Waals surface area (Å²) in [7, 11) is 0. The zero-order valence-electron chi connectivity index (χ0n) is 12.8. The lowest BCUT2D eigenvalue weighted by molar-refractivity contribution is -0.112. The summed E-state index contributed by atoms with van der Waals surface area (Å²) in [6.45, 7) is 0.252. The molecule has 1 atom stereocenters. The molecule has 0 aromatic heterocycles. The molecule has 0 saturated carbocycles. The van der Waals surface area contributed by atoms with Gasteiger partial charge in [-0.1, -0.05) is 60.7 Å². The minimum atomic E-state index is -0.849. The van der Waals surface area contributed by atoms with Gasteiger partial charge in [-0.25, -0.2) is 15.6 Å². The van der Waals surface area contributed by atoms with E-state index in [2.05, 4.69) is 0 Å². The maximum absolute atomic E-state index is 11.9. The largest absolute Gasteiger partial charge is 0.448 e. The van der Waals surface area contributed by atoms with Gasteiger partial charge in [-0.15, -0.1) is 0 Å². The Bertz CT molecular complexity index is 617. The summed E-state index contributed by atoms with van der Waals surface area (Å²) in [5.74, 6) is 5.72. The van der Waals surface area contributed by atoms with Crippen LogP contribution >= 0.6 is 0 Å². The monoisotopic (exact) mass is 312 g/mol. The van der Waals surface area contributed by atoms with Crippen LogP contribution in [0.5, 0.6) is 0 Å². The van der Waals surface area contributed by atoms with Crippen LogP contribution in [-0.4, -0.2) is 24.0 Å². The van der Waals surface area contributed by atoms with Crippen molar-refractivity contribution in [2.45, 2.75) is 18.9 Å². The van der Waals surface area contributed by atoms with E-state index < -0.39 is 12.1 Å². The fourth-order valence-electron chi connectivity index (χ4n) is 2.22. The number of ether oxygens (including phenoxy) is 1. The third-order valence-electron chi connectivity index (χ3n) is 3.46. The van der Waals surface area contributed by atoms with Crippen molar-refractivity contribution in [3.63, 3.8) is 0 Å². The Kier molecular flexibility index (Phi) is 6.32. The number of hydrazine groups is 1. The second kappa shape index (κ2) is 8.70. The van der Waals surface area contributed by atoms with Crippen LogP contribution in [0.3, 0.4) is 0 Å². The van der Waals surface area contributed by atoms with Gasteiger partial charge in [0.15, 0.2) is 0 Å². The van der Waals surface area contributed by atoms with E-state index in [1.54, 1.807) is 24.3 Å². The fourth-order valence-corrected chi connectivity index (χ4v) is 2.22. The molecule has 0 fully saturated rings. The number of amides is 1. The van der Waals surface area contributed by atoms with Gasteiger partial charge in [0.25, 0.3) is 0 Å². The van der Waals surface area contributed by atoms with Crippen LogP contribution in [0.4, 0.5) is 4.79 Å². The predicted octanol–water partition coefficient (Wildman–Crippen LogP) is 2.87. The lowest BCUT2D eigenvalue weighted by atomic mass is 10.1. The number of hydrogen-bond donors (Lipinski definition) is 1. The molecule has 0 aliphatic rings. The molecule has 0 radical (unpaired) electrons. The van der Waals surface area contributed by atoms with E-state index in [1.807, 2.05) is 36.4 Å². The molecule has 1 unspecified atom stereocenters. The van der Waals surface area contributed by atoms with Crippen molar-refractivity contribution in [3.8, 4) is 0 Å². The molecular formula is C18H20N2O3. The predicted molar refractivity (Wildman–Crippen MR) is 87.4 cm³/mol. The van der Waals surface area contributed by atoms with Gasteiger partial charge in [-0.2, -0.15) is 0 Å². The highest BCUT2D eigenvalue weighted by atomic mass is 16.6. The van der Waals surface area contributed by atoms with Crippen LogP contribution in [0.25, 0.3) is 0 Å². The van der Waals surface area contributed by atoms with Gasteiger partial charge < -0.3 is 9.53 Å². The van der Waals surface area contributed by atoms with E-state index in [0.29, 0.717) is 18.3 Å². The summed E-state index contributed by atoms with van der Waals surface area (Å²) in [6, 6.07) is 18.0. The highest BCUT2D eigenvalue weighted by Gasteiger charge is 2.22. The summed E-state index contributed by atoms with van der Waals surface area (Å²) in [6.07, 6.45) is 1.43. The molecule has 120 valence electrons. The molecule has 5 heteroatoms. The Morgan fingerprint density at radius 1 is 1.09 bits per heavy atom. The molecule has 2 aromatic rings. The van der Waals surface area contributed by atoms with E-state index in [1.165, 1.54) is 5.56 Å². The number of carbonyl (C=O) groups is 2.